The maximum Gasteiger partial charge on any atom is 0.231 e. The molecule has 0 bridgehead atoms. The number of carbonyl (C=O) groups is 1. The number of nitrogens with zero attached hydrogens (tertiary/aromatic N) is 2. The smallest absolute Gasteiger partial charge is 0.231 e. The van der Waals surface area contributed by atoms with Crippen molar-refractivity contribution in [1.82, 2.24) is 9.80 Å². The number of carbonyl (C=O) groups excluding carboxylic acids is 1. The van der Waals surface area contributed by atoms with Gasteiger partial charge in [0.25, 0.3) is 0 Å². The molecule has 2 aromatic carbocycles. The molecule has 1 N–H and O–H groups in total. The van der Waals surface area contributed by atoms with Crippen LogP contribution in [0.1, 0.15) is 30.4 Å². The van der Waals surface area contributed by atoms with Crippen LogP contribution in [-0.4, -0.2) is 48.9 Å². The lowest BCUT2D eigenvalue weighted by molar-refractivity contribution is -0.117. The number of hydrogen-bond donors (Lipinski definition) is 1. The Morgan fingerprint density at radius 1 is 1.00 bits per heavy atom. The molecule has 1 unspecified atom stereocenters. The molecule has 2 aromatic rings. The van der Waals surface area contributed by atoms with Crippen LogP contribution in [0.25, 0.3) is 0 Å². The van der Waals surface area contributed by atoms with E-state index in [2.05, 4.69) is 41.2 Å². The molecule has 1 aliphatic rings. The molecule has 1 atom stereocenters. The molecule has 4 heteroatoms. The Labute approximate surface area is 156 Å². The second kappa shape index (κ2) is 8.97. The van der Waals surface area contributed by atoms with Gasteiger partial charge in [-0.05, 0) is 36.7 Å². The average Bonchev–Trinajstić information content (AvgIpc) is 2.67. The molecule has 1 fully saturated rings. The number of likely N-dealkylation sites (N-methyl/N-ethyl adjacent to an activating group) is 1. The van der Waals surface area contributed by atoms with Crippen molar-refractivity contribution in [1.29, 1.82) is 0 Å². The van der Waals surface area contributed by atoms with Crippen LogP contribution in [-0.2, 0) is 11.3 Å². The van der Waals surface area contributed by atoms with Crippen molar-refractivity contribution in [2.75, 3.05) is 38.5 Å². The minimum atomic E-state index is -0.110. The van der Waals surface area contributed by atoms with Crippen molar-refractivity contribution < 1.29 is 4.79 Å². The summed E-state index contributed by atoms with van der Waals surface area (Å²) in [6, 6.07) is 18.3. The standard InChI is InChI=1S/C22H29N3O/c1-3-21(19-7-5-4-6-8-19)22(26)23-20-11-9-18(10-12-20)17-25-15-13-24(2)14-16-25/h4-12,21H,3,13-17H2,1-2H3,(H,23,26). The van der Waals surface area contributed by atoms with Crippen LogP contribution < -0.4 is 5.32 Å². The molecule has 3 rings (SSSR count). The summed E-state index contributed by atoms with van der Waals surface area (Å²) in [5, 5.41) is 3.07. The third-order valence-electron chi connectivity index (χ3n) is 5.15. The summed E-state index contributed by atoms with van der Waals surface area (Å²) >= 11 is 0. The molecule has 0 aromatic heterocycles. The van der Waals surface area contributed by atoms with E-state index >= 15 is 0 Å². The minimum Gasteiger partial charge on any atom is -0.326 e. The van der Waals surface area contributed by atoms with Gasteiger partial charge in [0, 0.05) is 38.4 Å². The second-order valence-corrected chi connectivity index (χ2v) is 7.14. The van der Waals surface area contributed by atoms with Gasteiger partial charge < -0.3 is 10.2 Å². The SMILES string of the molecule is CCC(C(=O)Nc1ccc(CN2CCN(C)CC2)cc1)c1ccccc1. The van der Waals surface area contributed by atoms with Crippen molar-refractivity contribution >= 4 is 11.6 Å². The van der Waals surface area contributed by atoms with Gasteiger partial charge in [-0.15, -0.1) is 0 Å². The maximum atomic E-state index is 12.7. The van der Waals surface area contributed by atoms with Crippen molar-refractivity contribution in [3.05, 3.63) is 65.7 Å². The number of nitrogens with one attached hydrogen (secondary N) is 1. The van der Waals surface area contributed by atoms with Crippen molar-refractivity contribution in [2.24, 2.45) is 0 Å². The van der Waals surface area contributed by atoms with Crippen LogP contribution in [0.4, 0.5) is 5.69 Å². The zero-order valence-electron chi connectivity index (χ0n) is 15.8. The molecule has 0 saturated carbocycles. The van der Waals surface area contributed by atoms with E-state index in [0.29, 0.717) is 0 Å². The van der Waals surface area contributed by atoms with Crippen LogP contribution in [0.5, 0.6) is 0 Å². The summed E-state index contributed by atoms with van der Waals surface area (Å²) in [5.41, 5.74) is 3.23. The van der Waals surface area contributed by atoms with E-state index in [0.717, 1.165) is 50.4 Å². The summed E-state index contributed by atoms with van der Waals surface area (Å²) in [7, 11) is 2.17. The van der Waals surface area contributed by atoms with Gasteiger partial charge in [-0.1, -0.05) is 49.4 Å². The first-order chi connectivity index (χ1) is 12.7. The van der Waals surface area contributed by atoms with E-state index in [-0.39, 0.29) is 11.8 Å². The fraction of sp³-hybridized carbons (Fsp3) is 0.409. The van der Waals surface area contributed by atoms with Gasteiger partial charge >= 0.3 is 0 Å². The predicted octanol–water partition coefficient (Wildman–Crippen LogP) is 3.57. The molecular weight excluding hydrogens is 322 g/mol. The first-order valence-corrected chi connectivity index (χ1v) is 9.51. The molecule has 0 aliphatic carbocycles. The second-order valence-electron chi connectivity index (χ2n) is 7.14. The van der Waals surface area contributed by atoms with Crippen molar-refractivity contribution in [2.45, 2.75) is 25.8 Å². The average molecular weight is 351 g/mol. The number of piperazine rings is 1. The van der Waals surface area contributed by atoms with Gasteiger partial charge in [0.05, 0.1) is 5.92 Å². The Bertz CT molecular complexity index is 691. The monoisotopic (exact) mass is 351 g/mol. The van der Waals surface area contributed by atoms with Crippen LogP contribution >= 0.6 is 0 Å². The predicted molar refractivity (Wildman–Crippen MR) is 107 cm³/mol. The summed E-state index contributed by atoms with van der Waals surface area (Å²) in [6.07, 6.45) is 0.789. The molecule has 1 amide bonds. The van der Waals surface area contributed by atoms with Gasteiger partial charge in [0.1, 0.15) is 0 Å². The maximum absolute atomic E-state index is 12.7. The van der Waals surface area contributed by atoms with Crippen LogP contribution in [0.2, 0.25) is 0 Å². The van der Waals surface area contributed by atoms with Crippen molar-refractivity contribution in [3.8, 4) is 0 Å². The van der Waals surface area contributed by atoms with E-state index in [1.807, 2.05) is 42.5 Å². The Kier molecular flexibility index (Phi) is 6.42. The van der Waals surface area contributed by atoms with Gasteiger partial charge in [-0.25, -0.2) is 0 Å². The van der Waals surface area contributed by atoms with Crippen molar-refractivity contribution in [3.63, 3.8) is 0 Å². The van der Waals surface area contributed by atoms with Crippen LogP contribution in [0.15, 0.2) is 54.6 Å². The van der Waals surface area contributed by atoms with E-state index in [4.69, 9.17) is 0 Å². The molecule has 0 radical (unpaired) electrons. The highest BCUT2D eigenvalue weighted by molar-refractivity contribution is 5.95. The summed E-state index contributed by atoms with van der Waals surface area (Å²) in [6.45, 7) is 7.52. The molecule has 1 aliphatic heterocycles. The molecule has 0 spiro atoms. The van der Waals surface area contributed by atoms with E-state index in [1.54, 1.807) is 0 Å². The minimum absolute atomic E-state index is 0.0607. The third-order valence-corrected chi connectivity index (χ3v) is 5.15. The number of benzene rings is 2. The molecule has 1 saturated heterocycles. The fourth-order valence-corrected chi connectivity index (χ4v) is 3.44. The van der Waals surface area contributed by atoms with Gasteiger partial charge in [0.15, 0.2) is 0 Å². The topological polar surface area (TPSA) is 35.6 Å². The summed E-state index contributed by atoms with van der Waals surface area (Å²) in [4.78, 5) is 17.5. The summed E-state index contributed by atoms with van der Waals surface area (Å²) < 4.78 is 0. The highest BCUT2D eigenvalue weighted by Gasteiger charge is 2.18. The summed E-state index contributed by atoms with van der Waals surface area (Å²) in [5.74, 6) is -0.0493. The van der Waals surface area contributed by atoms with E-state index < -0.39 is 0 Å². The Balaban J connectivity index is 1.57. The zero-order valence-corrected chi connectivity index (χ0v) is 15.8. The molecule has 1 heterocycles. The van der Waals surface area contributed by atoms with Gasteiger partial charge in [-0.2, -0.15) is 0 Å². The normalized spacial score (nSPS) is 17.0. The lowest BCUT2D eigenvalue weighted by Crippen LogP contribution is -2.43. The fourth-order valence-electron chi connectivity index (χ4n) is 3.44. The highest BCUT2D eigenvalue weighted by Crippen LogP contribution is 2.22. The third kappa shape index (κ3) is 4.93. The molecule has 4 nitrogen and oxygen atoms in total. The zero-order chi connectivity index (χ0) is 18.4. The Morgan fingerprint density at radius 2 is 1.65 bits per heavy atom. The first kappa shape index (κ1) is 18.6. The van der Waals surface area contributed by atoms with E-state index in [9.17, 15) is 4.79 Å². The van der Waals surface area contributed by atoms with Crippen LogP contribution in [0, 0.1) is 0 Å². The van der Waals surface area contributed by atoms with Gasteiger partial charge in [0.2, 0.25) is 5.91 Å². The first-order valence-electron chi connectivity index (χ1n) is 9.51. The van der Waals surface area contributed by atoms with E-state index in [1.165, 1.54) is 5.56 Å². The molecule has 26 heavy (non-hydrogen) atoms. The lowest BCUT2D eigenvalue weighted by Gasteiger charge is -2.32. The molecule has 138 valence electrons. The number of hydrogen-bond acceptors (Lipinski definition) is 3. The lowest BCUT2D eigenvalue weighted by atomic mass is 9.95. The molecular formula is C22H29N3O. The number of amides is 1. The Morgan fingerprint density at radius 3 is 2.27 bits per heavy atom. The highest BCUT2D eigenvalue weighted by atomic mass is 16.1. The Hall–Kier alpha value is -2.17. The van der Waals surface area contributed by atoms with Crippen LogP contribution in [0.3, 0.4) is 0 Å². The van der Waals surface area contributed by atoms with Gasteiger partial charge in [-0.3, -0.25) is 9.69 Å². The number of anilines is 1. The quantitative estimate of drug-likeness (QED) is 0.864. The largest absolute Gasteiger partial charge is 0.326 e. The number of rotatable bonds is 6.